The van der Waals surface area contributed by atoms with Gasteiger partial charge in [-0.05, 0) is 26.4 Å². The zero-order valence-corrected chi connectivity index (χ0v) is 12.6. The van der Waals surface area contributed by atoms with Crippen LogP contribution in [-0.4, -0.2) is 57.2 Å². The van der Waals surface area contributed by atoms with E-state index in [0.717, 1.165) is 6.54 Å². The summed E-state index contributed by atoms with van der Waals surface area (Å²) in [5.41, 5.74) is 5.52. The second-order valence-corrected chi connectivity index (χ2v) is 5.81. The van der Waals surface area contributed by atoms with Gasteiger partial charge in [-0.25, -0.2) is 0 Å². The van der Waals surface area contributed by atoms with Crippen LogP contribution in [0.5, 0.6) is 0 Å². The molecule has 3 N–H and O–H groups in total. The number of hydrogen-bond acceptors (Lipinski definition) is 4. The summed E-state index contributed by atoms with van der Waals surface area (Å²) in [6.07, 6.45) is 0.115. The summed E-state index contributed by atoms with van der Waals surface area (Å²) < 4.78 is 5.11. The van der Waals surface area contributed by atoms with Crippen LogP contribution in [0.1, 0.15) is 27.2 Å². The van der Waals surface area contributed by atoms with Crippen LogP contribution in [0.3, 0.4) is 0 Å². The number of rotatable bonds is 8. The van der Waals surface area contributed by atoms with Crippen LogP contribution in [0.15, 0.2) is 0 Å². The number of carbonyl (C=O) groups excluding carboxylic acids is 1. The van der Waals surface area contributed by atoms with Gasteiger partial charge in [-0.3, -0.25) is 4.79 Å². The summed E-state index contributed by atoms with van der Waals surface area (Å²) >= 11 is 0. The average molecular weight is 259 g/mol. The van der Waals surface area contributed by atoms with Gasteiger partial charge in [-0.1, -0.05) is 13.8 Å². The van der Waals surface area contributed by atoms with Crippen LogP contribution >= 0.6 is 0 Å². The first-order valence-corrected chi connectivity index (χ1v) is 6.40. The lowest BCUT2D eigenvalue weighted by atomic mass is 9.85. The summed E-state index contributed by atoms with van der Waals surface area (Å²) in [5.74, 6) is -0.00775. The zero-order chi connectivity index (χ0) is 14.3. The quantitative estimate of drug-likeness (QED) is 0.664. The molecule has 5 heteroatoms. The van der Waals surface area contributed by atoms with E-state index in [1.807, 2.05) is 21.0 Å². The first-order chi connectivity index (χ1) is 8.22. The number of carbonyl (C=O) groups is 1. The second-order valence-electron chi connectivity index (χ2n) is 5.81. The van der Waals surface area contributed by atoms with Gasteiger partial charge in [0.2, 0.25) is 5.91 Å². The largest absolute Gasteiger partial charge is 0.380 e. The van der Waals surface area contributed by atoms with Crippen molar-refractivity contribution in [3.05, 3.63) is 0 Å². The number of methoxy groups -OCH3 is 1. The van der Waals surface area contributed by atoms with Crippen molar-refractivity contribution >= 4 is 5.91 Å². The minimum atomic E-state index is -0.200. The van der Waals surface area contributed by atoms with E-state index >= 15 is 0 Å². The molecule has 0 saturated carbocycles. The Bertz CT molecular complexity index is 251. The van der Waals surface area contributed by atoms with Crippen molar-refractivity contribution in [3.8, 4) is 0 Å². The molecule has 5 nitrogen and oxygen atoms in total. The number of ether oxygens (including phenoxy) is 1. The van der Waals surface area contributed by atoms with Crippen molar-refractivity contribution in [1.82, 2.24) is 10.2 Å². The van der Waals surface area contributed by atoms with Gasteiger partial charge in [-0.15, -0.1) is 0 Å². The fraction of sp³-hybridized carbons (Fsp3) is 0.923. The highest BCUT2D eigenvalue weighted by Gasteiger charge is 2.28. The molecule has 0 aromatic heterocycles. The lowest BCUT2D eigenvalue weighted by Gasteiger charge is -2.35. The van der Waals surface area contributed by atoms with Gasteiger partial charge in [0.05, 0.1) is 12.5 Å². The molecule has 0 fully saturated rings. The Morgan fingerprint density at radius 1 is 1.44 bits per heavy atom. The van der Waals surface area contributed by atoms with Crippen LogP contribution in [0.2, 0.25) is 0 Å². The average Bonchev–Trinajstić information content (AvgIpc) is 2.23. The molecule has 0 aliphatic heterocycles. The minimum Gasteiger partial charge on any atom is -0.380 e. The molecule has 0 spiro atoms. The molecular weight excluding hydrogens is 230 g/mol. The van der Waals surface area contributed by atoms with Crippen LogP contribution in [-0.2, 0) is 9.53 Å². The van der Waals surface area contributed by atoms with Crippen molar-refractivity contribution in [1.29, 1.82) is 0 Å². The first-order valence-electron chi connectivity index (χ1n) is 6.40. The van der Waals surface area contributed by atoms with E-state index in [4.69, 9.17) is 10.5 Å². The zero-order valence-electron chi connectivity index (χ0n) is 12.6. The number of hydrogen-bond donors (Lipinski definition) is 2. The van der Waals surface area contributed by atoms with Crippen molar-refractivity contribution in [2.24, 2.45) is 11.1 Å². The van der Waals surface area contributed by atoms with E-state index in [-0.39, 0.29) is 23.5 Å². The van der Waals surface area contributed by atoms with E-state index in [2.05, 4.69) is 24.1 Å². The fourth-order valence-corrected chi connectivity index (χ4v) is 1.92. The fourth-order valence-electron chi connectivity index (χ4n) is 1.92. The highest BCUT2D eigenvalue weighted by atomic mass is 16.5. The van der Waals surface area contributed by atoms with E-state index in [0.29, 0.717) is 13.0 Å². The number of amides is 1. The molecule has 1 amide bonds. The predicted molar refractivity (Wildman–Crippen MR) is 74.4 cm³/mol. The first kappa shape index (κ1) is 17.4. The van der Waals surface area contributed by atoms with Gasteiger partial charge in [0.15, 0.2) is 0 Å². The molecule has 0 bridgehead atoms. The SMILES string of the molecule is COC(CN)CC(=O)NC(C)C(C)(C)CN(C)C. The monoisotopic (exact) mass is 259 g/mol. The van der Waals surface area contributed by atoms with Crippen molar-refractivity contribution < 1.29 is 9.53 Å². The van der Waals surface area contributed by atoms with E-state index in [1.165, 1.54) is 0 Å². The van der Waals surface area contributed by atoms with Gasteiger partial charge in [0.1, 0.15) is 0 Å². The van der Waals surface area contributed by atoms with E-state index in [1.54, 1.807) is 7.11 Å². The molecule has 0 rings (SSSR count). The molecule has 108 valence electrons. The van der Waals surface area contributed by atoms with Crippen molar-refractivity contribution in [2.75, 3.05) is 34.3 Å². The van der Waals surface area contributed by atoms with E-state index in [9.17, 15) is 4.79 Å². The Morgan fingerprint density at radius 2 is 2.00 bits per heavy atom. The van der Waals surface area contributed by atoms with Gasteiger partial charge < -0.3 is 20.7 Å². The highest BCUT2D eigenvalue weighted by molar-refractivity contribution is 5.76. The predicted octanol–water partition coefficient (Wildman–Crippen LogP) is 0.443. The topological polar surface area (TPSA) is 67.6 Å². The Morgan fingerprint density at radius 3 is 2.39 bits per heavy atom. The number of nitrogens with one attached hydrogen (secondary N) is 1. The Kier molecular flexibility index (Phi) is 7.43. The number of nitrogens with two attached hydrogens (primary N) is 1. The van der Waals surface area contributed by atoms with Gasteiger partial charge in [0, 0.05) is 26.2 Å². The lowest BCUT2D eigenvalue weighted by molar-refractivity contribution is -0.124. The van der Waals surface area contributed by atoms with E-state index < -0.39 is 0 Å². The molecule has 2 atom stereocenters. The smallest absolute Gasteiger partial charge is 0.222 e. The maximum atomic E-state index is 11.9. The third-order valence-electron chi connectivity index (χ3n) is 3.28. The Labute approximate surface area is 111 Å². The normalized spacial score (nSPS) is 15.6. The standard InChI is InChI=1S/C13H29N3O2/c1-10(13(2,3)9-16(4)5)15-12(17)7-11(8-14)18-6/h10-11H,7-9,14H2,1-6H3,(H,15,17). The molecular formula is C13H29N3O2. The van der Waals surface area contributed by atoms with Gasteiger partial charge in [-0.2, -0.15) is 0 Å². The van der Waals surface area contributed by atoms with Gasteiger partial charge >= 0.3 is 0 Å². The molecule has 2 unspecified atom stereocenters. The molecule has 0 aliphatic rings. The minimum absolute atomic E-state index is 0.00775. The third kappa shape index (κ3) is 6.33. The molecule has 0 radical (unpaired) electrons. The van der Waals surface area contributed by atoms with Crippen LogP contribution < -0.4 is 11.1 Å². The highest BCUT2D eigenvalue weighted by Crippen LogP contribution is 2.21. The van der Waals surface area contributed by atoms with Crippen LogP contribution in [0.4, 0.5) is 0 Å². The van der Waals surface area contributed by atoms with Crippen LogP contribution in [0, 0.1) is 5.41 Å². The third-order valence-corrected chi connectivity index (χ3v) is 3.28. The van der Waals surface area contributed by atoms with Crippen molar-refractivity contribution in [3.63, 3.8) is 0 Å². The Hall–Kier alpha value is -0.650. The molecule has 0 aliphatic carbocycles. The molecule has 0 aromatic carbocycles. The lowest BCUT2D eigenvalue weighted by Crippen LogP contribution is -2.48. The maximum absolute atomic E-state index is 11.9. The van der Waals surface area contributed by atoms with Gasteiger partial charge in [0.25, 0.3) is 0 Å². The molecule has 0 saturated heterocycles. The summed E-state index contributed by atoms with van der Waals surface area (Å²) in [6, 6.07) is 0.0997. The molecule has 0 heterocycles. The second kappa shape index (κ2) is 7.71. The molecule has 0 aromatic rings. The Balaban J connectivity index is 4.29. The molecule has 18 heavy (non-hydrogen) atoms. The number of nitrogens with zero attached hydrogens (tertiary/aromatic N) is 1. The summed E-state index contributed by atoms with van der Waals surface area (Å²) in [5, 5.41) is 3.02. The van der Waals surface area contributed by atoms with Crippen LogP contribution in [0.25, 0.3) is 0 Å². The summed E-state index contributed by atoms with van der Waals surface area (Å²) in [7, 11) is 5.64. The summed E-state index contributed by atoms with van der Waals surface area (Å²) in [6.45, 7) is 7.60. The van der Waals surface area contributed by atoms with Crippen molar-refractivity contribution in [2.45, 2.75) is 39.3 Å². The summed E-state index contributed by atoms with van der Waals surface area (Å²) in [4.78, 5) is 14.0. The maximum Gasteiger partial charge on any atom is 0.222 e.